The second-order valence-corrected chi connectivity index (χ2v) is 5.29. The van der Waals surface area contributed by atoms with Gasteiger partial charge in [0.15, 0.2) is 0 Å². The lowest BCUT2D eigenvalue weighted by Gasteiger charge is -2.40. The van der Waals surface area contributed by atoms with Crippen LogP contribution in [0, 0.1) is 0 Å². The Balaban J connectivity index is 1.74. The lowest BCUT2D eigenvalue weighted by molar-refractivity contribution is 0.0666. The van der Waals surface area contributed by atoms with E-state index in [2.05, 4.69) is 4.90 Å². The minimum Gasteiger partial charge on any atom is -0.450 e. The van der Waals surface area contributed by atoms with Crippen molar-refractivity contribution in [1.29, 1.82) is 0 Å². The number of nitrogens with two attached hydrogens (primary N) is 1. The summed E-state index contributed by atoms with van der Waals surface area (Å²) in [5, 5.41) is 0. The van der Waals surface area contributed by atoms with E-state index >= 15 is 0 Å². The van der Waals surface area contributed by atoms with Crippen LogP contribution in [0.25, 0.3) is 0 Å². The molecule has 0 aliphatic carbocycles. The number of amides is 1. The van der Waals surface area contributed by atoms with Gasteiger partial charge >= 0.3 is 6.09 Å². The monoisotopic (exact) mass is 255 g/mol. The molecule has 5 nitrogen and oxygen atoms in total. The number of ether oxygens (including phenoxy) is 1. The highest BCUT2D eigenvalue weighted by Gasteiger charge is 2.29. The van der Waals surface area contributed by atoms with E-state index in [0.717, 1.165) is 51.9 Å². The zero-order valence-corrected chi connectivity index (χ0v) is 11.3. The maximum atomic E-state index is 11.6. The fourth-order valence-electron chi connectivity index (χ4n) is 2.91. The first-order valence-corrected chi connectivity index (χ1v) is 7.12. The van der Waals surface area contributed by atoms with Crippen LogP contribution in [-0.2, 0) is 4.74 Å². The molecule has 0 aromatic heterocycles. The quantitative estimate of drug-likeness (QED) is 0.800. The van der Waals surface area contributed by atoms with E-state index in [-0.39, 0.29) is 6.09 Å². The van der Waals surface area contributed by atoms with Gasteiger partial charge < -0.3 is 20.3 Å². The van der Waals surface area contributed by atoms with Gasteiger partial charge in [-0.25, -0.2) is 4.79 Å². The van der Waals surface area contributed by atoms with Gasteiger partial charge in [-0.05, 0) is 45.7 Å². The first kappa shape index (κ1) is 13.6. The Bertz CT molecular complexity index is 269. The maximum Gasteiger partial charge on any atom is 0.409 e. The van der Waals surface area contributed by atoms with Crippen molar-refractivity contribution in [3.05, 3.63) is 0 Å². The molecule has 0 radical (unpaired) electrons. The number of hydrogen-bond donors (Lipinski definition) is 1. The summed E-state index contributed by atoms with van der Waals surface area (Å²) in [5.74, 6) is 0. The first-order chi connectivity index (χ1) is 8.70. The Labute approximate surface area is 109 Å². The average Bonchev–Trinajstić information content (AvgIpc) is 2.40. The summed E-state index contributed by atoms with van der Waals surface area (Å²) in [6, 6.07) is 1.02. The lowest BCUT2D eigenvalue weighted by atomic mass is 9.98. The van der Waals surface area contributed by atoms with Crippen LogP contribution in [0.15, 0.2) is 0 Å². The van der Waals surface area contributed by atoms with Gasteiger partial charge in [-0.2, -0.15) is 0 Å². The third-order valence-corrected chi connectivity index (χ3v) is 4.08. The van der Waals surface area contributed by atoms with E-state index < -0.39 is 0 Å². The van der Waals surface area contributed by atoms with Crippen LogP contribution < -0.4 is 5.73 Å². The molecule has 0 atom stereocenters. The molecule has 0 saturated carbocycles. The molecule has 0 aromatic carbocycles. The zero-order chi connectivity index (χ0) is 13.0. The largest absolute Gasteiger partial charge is 0.450 e. The summed E-state index contributed by atoms with van der Waals surface area (Å²) in [6.45, 7) is 6.19. The topological polar surface area (TPSA) is 58.8 Å². The number of hydrogen-bond acceptors (Lipinski definition) is 4. The van der Waals surface area contributed by atoms with Crippen molar-refractivity contribution in [2.45, 2.75) is 44.7 Å². The average molecular weight is 255 g/mol. The van der Waals surface area contributed by atoms with Gasteiger partial charge in [0.25, 0.3) is 0 Å². The molecule has 5 heteroatoms. The van der Waals surface area contributed by atoms with E-state index in [0.29, 0.717) is 18.7 Å². The maximum absolute atomic E-state index is 11.6. The lowest BCUT2D eigenvalue weighted by Crippen LogP contribution is -2.50. The molecule has 0 spiro atoms. The third-order valence-electron chi connectivity index (χ3n) is 4.08. The second kappa shape index (κ2) is 6.38. The molecule has 2 aliphatic heterocycles. The Morgan fingerprint density at radius 1 is 1.17 bits per heavy atom. The number of nitrogens with zero attached hydrogens (tertiary/aromatic N) is 2. The van der Waals surface area contributed by atoms with Crippen molar-refractivity contribution in [3.63, 3.8) is 0 Å². The summed E-state index contributed by atoms with van der Waals surface area (Å²) in [7, 11) is 0. The fourth-order valence-corrected chi connectivity index (χ4v) is 2.91. The molecule has 2 N–H and O–H groups in total. The summed E-state index contributed by atoms with van der Waals surface area (Å²) in [4.78, 5) is 16.0. The molecule has 104 valence electrons. The third kappa shape index (κ3) is 3.36. The van der Waals surface area contributed by atoms with Crippen molar-refractivity contribution in [2.75, 3.05) is 32.8 Å². The van der Waals surface area contributed by atoms with E-state index in [1.54, 1.807) is 0 Å². The molecule has 2 saturated heterocycles. The molecule has 0 aromatic rings. The van der Waals surface area contributed by atoms with E-state index in [4.69, 9.17) is 10.5 Å². The molecular formula is C13H25N3O2. The molecule has 1 amide bonds. The highest BCUT2D eigenvalue weighted by atomic mass is 16.6. The number of likely N-dealkylation sites (tertiary alicyclic amines) is 2. The Hall–Kier alpha value is -0.810. The van der Waals surface area contributed by atoms with Crippen molar-refractivity contribution in [2.24, 2.45) is 5.73 Å². The van der Waals surface area contributed by atoms with Gasteiger partial charge in [0, 0.05) is 25.2 Å². The second-order valence-electron chi connectivity index (χ2n) is 5.29. The highest BCUT2D eigenvalue weighted by Crippen LogP contribution is 2.20. The smallest absolute Gasteiger partial charge is 0.409 e. The standard InChI is InChI=1S/C13H25N3O2/c1-2-18-13(17)16-9-5-12(6-10-16)15-7-3-11(14)4-8-15/h11-12H,2-10,14H2,1H3. The van der Waals surface area contributed by atoms with Gasteiger partial charge in [0.2, 0.25) is 0 Å². The van der Waals surface area contributed by atoms with Gasteiger partial charge in [-0.3, -0.25) is 0 Å². The fraction of sp³-hybridized carbons (Fsp3) is 0.923. The highest BCUT2D eigenvalue weighted by molar-refractivity contribution is 5.67. The molecular weight excluding hydrogens is 230 g/mol. The van der Waals surface area contributed by atoms with Crippen LogP contribution >= 0.6 is 0 Å². The Kier molecular flexibility index (Phi) is 4.83. The van der Waals surface area contributed by atoms with Crippen LogP contribution in [0.3, 0.4) is 0 Å². The summed E-state index contributed by atoms with van der Waals surface area (Å²) >= 11 is 0. The number of carbonyl (C=O) groups excluding carboxylic acids is 1. The van der Waals surface area contributed by atoms with E-state index in [1.807, 2.05) is 11.8 Å². The van der Waals surface area contributed by atoms with Crippen LogP contribution in [0.5, 0.6) is 0 Å². The molecule has 0 bridgehead atoms. The van der Waals surface area contributed by atoms with Crippen LogP contribution in [-0.4, -0.2) is 60.8 Å². The number of rotatable bonds is 2. The first-order valence-electron chi connectivity index (χ1n) is 7.12. The molecule has 2 rings (SSSR count). The summed E-state index contributed by atoms with van der Waals surface area (Å²) < 4.78 is 5.03. The molecule has 0 unspecified atom stereocenters. The van der Waals surface area contributed by atoms with Crippen molar-refractivity contribution in [1.82, 2.24) is 9.80 Å². The van der Waals surface area contributed by atoms with Gasteiger partial charge in [-0.15, -0.1) is 0 Å². The molecule has 18 heavy (non-hydrogen) atoms. The van der Waals surface area contributed by atoms with Crippen molar-refractivity contribution < 1.29 is 9.53 Å². The number of piperidine rings is 2. The summed E-state index contributed by atoms with van der Waals surface area (Å²) in [6.07, 6.45) is 4.19. The van der Waals surface area contributed by atoms with Gasteiger partial charge in [0.1, 0.15) is 0 Å². The Morgan fingerprint density at radius 3 is 2.33 bits per heavy atom. The van der Waals surface area contributed by atoms with Crippen LogP contribution in [0.1, 0.15) is 32.6 Å². The molecule has 2 fully saturated rings. The van der Waals surface area contributed by atoms with E-state index in [9.17, 15) is 4.79 Å². The molecule has 2 aliphatic rings. The van der Waals surface area contributed by atoms with Crippen molar-refractivity contribution >= 4 is 6.09 Å². The van der Waals surface area contributed by atoms with E-state index in [1.165, 1.54) is 0 Å². The summed E-state index contributed by atoms with van der Waals surface area (Å²) in [5.41, 5.74) is 5.93. The van der Waals surface area contributed by atoms with Gasteiger partial charge in [0.05, 0.1) is 6.61 Å². The van der Waals surface area contributed by atoms with Gasteiger partial charge in [-0.1, -0.05) is 0 Å². The van der Waals surface area contributed by atoms with Crippen LogP contribution in [0.4, 0.5) is 4.79 Å². The minimum atomic E-state index is -0.156. The number of carbonyl (C=O) groups is 1. The predicted octanol–water partition coefficient (Wildman–Crippen LogP) is 1.03. The van der Waals surface area contributed by atoms with Crippen LogP contribution in [0.2, 0.25) is 0 Å². The zero-order valence-electron chi connectivity index (χ0n) is 11.3. The Morgan fingerprint density at radius 2 is 1.78 bits per heavy atom. The minimum absolute atomic E-state index is 0.156. The molecule has 2 heterocycles. The normalized spacial score (nSPS) is 24.2. The predicted molar refractivity (Wildman–Crippen MR) is 70.4 cm³/mol. The van der Waals surface area contributed by atoms with Crippen molar-refractivity contribution in [3.8, 4) is 0 Å². The SMILES string of the molecule is CCOC(=O)N1CCC(N2CCC(N)CC2)CC1.